The van der Waals surface area contributed by atoms with Crippen LogP contribution in [-0.4, -0.2) is 15.6 Å². The van der Waals surface area contributed by atoms with Gasteiger partial charge in [-0.3, -0.25) is 0 Å². The molecule has 5 heteroatoms. The highest BCUT2D eigenvalue weighted by Gasteiger charge is 2.14. The SMILES string of the molecule is O=C(O)c1cccc2ccn(Cc3cccc(F)c3F)c12. The first-order valence-corrected chi connectivity index (χ1v) is 6.32. The predicted octanol–water partition coefficient (Wildman–Crippen LogP) is 3.67. The van der Waals surface area contributed by atoms with Crippen molar-refractivity contribution < 1.29 is 18.7 Å². The monoisotopic (exact) mass is 287 g/mol. The Kier molecular flexibility index (Phi) is 3.17. The van der Waals surface area contributed by atoms with Crippen LogP contribution in [0.1, 0.15) is 15.9 Å². The fourth-order valence-electron chi connectivity index (χ4n) is 2.42. The van der Waals surface area contributed by atoms with Crippen LogP contribution in [0.3, 0.4) is 0 Å². The second-order valence-electron chi connectivity index (χ2n) is 4.71. The average Bonchev–Trinajstić information content (AvgIpc) is 2.87. The first-order chi connectivity index (χ1) is 10.1. The fourth-order valence-corrected chi connectivity index (χ4v) is 2.42. The number of aromatic carboxylic acids is 1. The number of para-hydroxylation sites is 1. The van der Waals surface area contributed by atoms with E-state index in [2.05, 4.69) is 0 Å². The summed E-state index contributed by atoms with van der Waals surface area (Å²) in [7, 11) is 0. The van der Waals surface area contributed by atoms with Crippen molar-refractivity contribution in [1.29, 1.82) is 0 Å². The molecule has 0 radical (unpaired) electrons. The van der Waals surface area contributed by atoms with Gasteiger partial charge in [-0.1, -0.05) is 24.3 Å². The average molecular weight is 287 g/mol. The largest absolute Gasteiger partial charge is 0.478 e. The number of fused-ring (bicyclic) bond motifs is 1. The molecule has 0 aliphatic heterocycles. The molecule has 0 fully saturated rings. The van der Waals surface area contributed by atoms with Crippen molar-refractivity contribution >= 4 is 16.9 Å². The molecule has 1 aromatic heterocycles. The minimum absolute atomic E-state index is 0.0669. The molecule has 3 aromatic rings. The van der Waals surface area contributed by atoms with Gasteiger partial charge in [-0.25, -0.2) is 13.6 Å². The highest BCUT2D eigenvalue weighted by atomic mass is 19.2. The second-order valence-corrected chi connectivity index (χ2v) is 4.71. The summed E-state index contributed by atoms with van der Waals surface area (Å²) in [5, 5.41) is 9.99. The zero-order valence-corrected chi connectivity index (χ0v) is 10.9. The lowest BCUT2D eigenvalue weighted by Crippen LogP contribution is -2.06. The Morgan fingerprint density at radius 1 is 1.10 bits per heavy atom. The van der Waals surface area contributed by atoms with E-state index in [4.69, 9.17) is 0 Å². The van der Waals surface area contributed by atoms with E-state index in [1.165, 1.54) is 18.2 Å². The van der Waals surface area contributed by atoms with Gasteiger partial charge in [-0.2, -0.15) is 0 Å². The first-order valence-electron chi connectivity index (χ1n) is 6.32. The maximum Gasteiger partial charge on any atom is 0.337 e. The van der Waals surface area contributed by atoms with E-state index in [0.29, 0.717) is 5.52 Å². The highest BCUT2D eigenvalue weighted by molar-refractivity contribution is 6.02. The van der Waals surface area contributed by atoms with Crippen molar-refractivity contribution in [3.63, 3.8) is 0 Å². The molecule has 3 rings (SSSR count). The third-order valence-electron chi connectivity index (χ3n) is 3.39. The van der Waals surface area contributed by atoms with Gasteiger partial charge in [0.2, 0.25) is 0 Å². The molecule has 21 heavy (non-hydrogen) atoms. The third-order valence-corrected chi connectivity index (χ3v) is 3.39. The number of hydrogen-bond donors (Lipinski definition) is 1. The number of carboxylic acids is 1. The molecule has 3 nitrogen and oxygen atoms in total. The van der Waals surface area contributed by atoms with E-state index in [1.807, 2.05) is 0 Å². The lowest BCUT2D eigenvalue weighted by molar-refractivity contribution is 0.0698. The van der Waals surface area contributed by atoms with Gasteiger partial charge in [0.25, 0.3) is 0 Å². The Morgan fingerprint density at radius 2 is 1.86 bits per heavy atom. The van der Waals surface area contributed by atoms with E-state index < -0.39 is 17.6 Å². The van der Waals surface area contributed by atoms with Crippen molar-refractivity contribution in [2.24, 2.45) is 0 Å². The molecule has 0 amide bonds. The maximum atomic E-state index is 13.7. The summed E-state index contributed by atoms with van der Waals surface area (Å²) in [4.78, 5) is 11.3. The van der Waals surface area contributed by atoms with Crippen molar-refractivity contribution in [2.45, 2.75) is 6.54 Å². The van der Waals surface area contributed by atoms with Gasteiger partial charge in [-0.15, -0.1) is 0 Å². The Labute approximate surface area is 119 Å². The number of rotatable bonds is 3. The van der Waals surface area contributed by atoms with E-state index >= 15 is 0 Å². The van der Waals surface area contributed by atoms with Gasteiger partial charge in [0.1, 0.15) is 0 Å². The number of carboxylic acid groups (broad SMARTS) is 1. The van der Waals surface area contributed by atoms with Crippen LogP contribution < -0.4 is 0 Å². The number of carbonyl (C=O) groups is 1. The molecule has 0 bridgehead atoms. The quantitative estimate of drug-likeness (QED) is 0.798. The smallest absolute Gasteiger partial charge is 0.337 e. The number of hydrogen-bond acceptors (Lipinski definition) is 1. The minimum Gasteiger partial charge on any atom is -0.478 e. The molecule has 0 aliphatic carbocycles. The van der Waals surface area contributed by atoms with Crippen LogP contribution in [0.25, 0.3) is 10.9 Å². The summed E-state index contributed by atoms with van der Waals surface area (Å²) in [6.45, 7) is 0.0669. The van der Waals surface area contributed by atoms with Crippen LogP contribution >= 0.6 is 0 Å². The van der Waals surface area contributed by atoms with Crippen LogP contribution in [0.2, 0.25) is 0 Å². The molecule has 0 spiro atoms. The molecular weight excluding hydrogens is 276 g/mol. The van der Waals surface area contributed by atoms with Crippen molar-refractivity contribution in [2.75, 3.05) is 0 Å². The van der Waals surface area contributed by atoms with Crippen molar-refractivity contribution in [3.05, 3.63) is 71.4 Å². The molecule has 1 heterocycles. The summed E-state index contributed by atoms with van der Waals surface area (Å²) < 4.78 is 28.6. The molecule has 0 atom stereocenters. The molecular formula is C16H11F2NO2. The van der Waals surface area contributed by atoms with Gasteiger partial charge in [0.05, 0.1) is 17.6 Å². The van der Waals surface area contributed by atoms with Crippen LogP contribution in [-0.2, 0) is 6.54 Å². The molecule has 0 saturated carbocycles. The fraction of sp³-hybridized carbons (Fsp3) is 0.0625. The van der Waals surface area contributed by atoms with Crippen LogP contribution in [0.15, 0.2) is 48.7 Å². The lowest BCUT2D eigenvalue weighted by atomic mass is 10.1. The molecule has 1 N–H and O–H groups in total. The molecule has 2 aromatic carbocycles. The Bertz CT molecular complexity index is 839. The lowest BCUT2D eigenvalue weighted by Gasteiger charge is -2.09. The topological polar surface area (TPSA) is 42.2 Å². The molecule has 0 saturated heterocycles. The Balaban J connectivity index is 2.13. The predicted molar refractivity (Wildman–Crippen MR) is 74.4 cm³/mol. The van der Waals surface area contributed by atoms with Gasteiger partial charge in [0.15, 0.2) is 11.6 Å². The summed E-state index contributed by atoms with van der Waals surface area (Å²) in [6, 6.07) is 10.6. The third kappa shape index (κ3) is 2.27. The summed E-state index contributed by atoms with van der Waals surface area (Å²) >= 11 is 0. The van der Waals surface area contributed by atoms with E-state index in [1.54, 1.807) is 29.0 Å². The van der Waals surface area contributed by atoms with Gasteiger partial charge < -0.3 is 9.67 Å². The summed E-state index contributed by atoms with van der Waals surface area (Å²) in [5.74, 6) is -2.88. The van der Waals surface area contributed by atoms with Gasteiger partial charge in [-0.05, 0) is 18.2 Å². The Morgan fingerprint density at radius 3 is 2.62 bits per heavy atom. The number of nitrogens with zero attached hydrogens (tertiary/aromatic N) is 1. The number of aromatic nitrogens is 1. The highest BCUT2D eigenvalue weighted by Crippen LogP contribution is 2.22. The molecule has 0 aliphatic rings. The van der Waals surface area contributed by atoms with E-state index in [-0.39, 0.29) is 17.7 Å². The summed E-state index contributed by atoms with van der Waals surface area (Å²) in [6.07, 6.45) is 1.67. The number of benzene rings is 2. The zero-order chi connectivity index (χ0) is 15.0. The van der Waals surface area contributed by atoms with Gasteiger partial charge in [0, 0.05) is 17.1 Å². The first kappa shape index (κ1) is 13.3. The zero-order valence-electron chi connectivity index (χ0n) is 10.9. The molecule has 106 valence electrons. The maximum absolute atomic E-state index is 13.7. The molecule has 0 unspecified atom stereocenters. The second kappa shape index (κ2) is 5.01. The van der Waals surface area contributed by atoms with E-state index in [9.17, 15) is 18.7 Å². The minimum atomic E-state index is -1.06. The normalized spacial score (nSPS) is 11.0. The van der Waals surface area contributed by atoms with Crippen LogP contribution in [0.4, 0.5) is 8.78 Å². The van der Waals surface area contributed by atoms with E-state index in [0.717, 1.165) is 11.5 Å². The summed E-state index contributed by atoms with van der Waals surface area (Å²) in [5.41, 5.74) is 0.802. The van der Waals surface area contributed by atoms with Crippen molar-refractivity contribution in [3.8, 4) is 0 Å². The van der Waals surface area contributed by atoms with Crippen LogP contribution in [0, 0.1) is 11.6 Å². The number of halogens is 2. The van der Waals surface area contributed by atoms with Crippen molar-refractivity contribution in [1.82, 2.24) is 4.57 Å². The standard InChI is InChI=1S/C16H11F2NO2/c17-13-6-2-4-11(14(13)18)9-19-8-7-10-3-1-5-12(15(10)19)16(20)21/h1-8H,9H2,(H,20,21). The van der Waals surface area contributed by atoms with Gasteiger partial charge >= 0.3 is 5.97 Å². The van der Waals surface area contributed by atoms with Crippen LogP contribution in [0.5, 0.6) is 0 Å². The Hall–Kier alpha value is -2.69.